The summed E-state index contributed by atoms with van der Waals surface area (Å²) in [4.78, 5) is 32.3. The van der Waals surface area contributed by atoms with Crippen LogP contribution >= 0.6 is 0 Å². The van der Waals surface area contributed by atoms with E-state index in [4.69, 9.17) is 14.2 Å². The molecular weight excluding hydrogens is 398 g/mol. The third kappa shape index (κ3) is 5.52. The molecule has 0 fully saturated rings. The molecule has 1 aliphatic rings. The standard InChI is InChI=1S/C23H29N3O5/c1-5-7-8-29-13-15(4)31-21-11-16-17(22(27)26-20(16)12-24-21)10-19-18(9-14(3)25-19)23(28)30-6-2/h9-12,15,25H,5-8,13H2,1-4H3,(H,26,27)/b17-10-/t15-/m0/s1. The molecule has 1 aliphatic heterocycles. The zero-order valence-corrected chi connectivity index (χ0v) is 18.4. The highest BCUT2D eigenvalue weighted by Gasteiger charge is 2.27. The first-order valence-electron chi connectivity index (χ1n) is 10.6. The SMILES string of the molecule is CCCCOC[C@H](C)Oc1cc2c(cn1)NC(=O)/C2=C\c1[nH]c(C)cc1C(=O)OCC. The van der Waals surface area contributed by atoms with E-state index in [-0.39, 0.29) is 18.6 Å². The first kappa shape index (κ1) is 22.6. The number of pyridine rings is 1. The summed E-state index contributed by atoms with van der Waals surface area (Å²) in [5.41, 5.74) is 3.38. The molecule has 2 N–H and O–H groups in total. The number of aryl methyl sites for hydroxylation is 1. The number of carbonyl (C=O) groups excluding carboxylic acids is 2. The molecule has 8 nitrogen and oxygen atoms in total. The highest BCUT2D eigenvalue weighted by atomic mass is 16.5. The Balaban J connectivity index is 1.82. The highest BCUT2D eigenvalue weighted by molar-refractivity contribution is 6.35. The van der Waals surface area contributed by atoms with Crippen LogP contribution in [0.1, 0.15) is 60.9 Å². The molecule has 3 heterocycles. The summed E-state index contributed by atoms with van der Waals surface area (Å²) in [6, 6.07) is 3.43. The van der Waals surface area contributed by atoms with Crippen molar-refractivity contribution < 1.29 is 23.8 Å². The molecule has 0 unspecified atom stereocenters. The van der Waals surface area contributed by atoms with Crippen LogP contribution in [0.25, 0.3) is 11.6 Å². The Bertz CT molecular complexity index is 980. The summed E-state index contributed by atoms with van der Waals surface area (Å²) in [5, 5.41) is 2.80. The third-order valence-electron chi connectivity index (χ3n) is 4.75. The number of nitrogens with one attached hydrogen (secondary N) is 2. The molecule has 31 heavy (non-hydrogen) atoms. The van der Waals surface area contributed by atoms with E-state index < -0.39 is 5.97 Å². The number of aromatic amines is 1. The average molecular weight is 428 g/mol. The summed E-state index contributed by atoms with van der Waals surface area (Å²) in [6.45, 7) is 9.05. The van der Waals surface area contributed by atoms with Crippen LogP contribution in [0.15, 0.2) is 18.3 Å². The molecule has 1 amide bonds. The molecule has 1 atom stereocenters. The Morgan fingerprint density at radius 1 is 1.29 bits per heavy atom. The van der Waals surface area contributed by atoms with Gasteiger partial charge in [0.1, 0.15) is 6.10 Å². The smallest absolute Gasteiger partial charge is 0.340 e. The van der Waals surface area contributed by atoms with E-state index in [2.05, 4.69) is 22.2 Å². The van der Waals surface area contributed by atoms with Crippen molar-refractivity contribution in [2.75, 3.05) is 25.1 Å². The van der Waals surface area contributed by atoms with Crippen LogP contribution in [-0.4, -0.2) is 47.8 Å². The Kier molecular flexibility index (Phi) is 7.46. The highest BCUT2D eigenvalue weighted by Crippen LogP contribution is 2.35. The Morgan fingerprint density at radius 2 is 2.10 bits per heavy atom. The lowest BCUT2D eigenvalue weighted by molar-refractivity contribution is -0.110. The van der Waals surface area contributed by atoms with E-state index in [1.807, 2.05) is 13.8 Å². The van der Waals surface area contributed by atoms with Gasteiger partial charge in [-0.05, 0) is 39.3 Å². The number of fused-ring (bicyclic) bond motifs is 1. The lowest BCUT2D eigenvalue weighted by atomic mass is 10.1. The van der Waals surface area contributed by atoms with Gasteiger partial charge in [0.2, 0.25) is 5.88 Å². The monoisotopic (exact) mass is 427 g/mol. The molecule has 166 valence electrons. The predicted molar refractivity (Wildman–Crippen MR) is 118 cm³/mol. The number of esters is 1. The van der Waals surface area contributed by atoms with Gasteiger partial charge in [-0.1, -0.05) is 13.3 Å². The molecule has 0 aromatic carbocycles. The van der Waals surface area contributed by atoms with Gasteiger partial charge in [0.15, 0.2) is 0 Å². The molecule has 0 saturated carbocycles. The molecule has 2 aromatic rings. The second-order valence-electron chi connectivity index (χ2n) is 7.44. The fourth-order valence-corrected chi connectivity index (χ4v) is 3.26. The van der Waals surface area contributed by atoms with Gasteiger partial charge in [-0.25, -0.2) is 9.78 Å². The van der Waals surface area contributed by atoms with E-state index in [9.17, 15) is 9.59 Å². The van der Waals surface area contributed by atoms with Gasteiger partial charge in [-0.3, -0.25) is 4.79 Å². The number of carbonyl (C=O) groups is 2. The molecule has 0 spiro atoms. The summed E-state index contributed by atoms with van der Waals surface area (Å²) in [5.74, 6) is -0.305. The van der Waals surface area contributed by atoms with Crippen LogP contribution in [0.2, 0.25) is 0 Å². The number of amides is 1. The van der Waals surface area contributed by atoms with Crippen LogP contribution in [0, 0.1) is 6.92 Å². The minimum atomic E-state index is -0.437. The fourth-order valence-electron chi connectivity index (χ4n) is 3.26. The van der Waals surface area contributed by atoms with Crippen LogP contribution in [-0.2, 0) is 14.3 Å². The number of anilines is 1. The lowest BCUT2D eigenvalue weighted by Crippen LogP contribution is -2.20. The molecule has 8 heteroatoms. The maximum absolute atomic E-state index is 12.6. The van der Waals surface area contributed by atoms with Crippen molar-refractivity contribution >= 4 is 29.2 Å². The van der Waals surface area contributed by atoms with Crippen LogP contribution in [0.4, 0.5) is 5.69 Å². The molecule has 0 radical (unpaired) electrons. The third-order valence-corrected chi connectivity index (χ3v) is 4.75. The Morgan fingerprint density at radius 3 is 2.84 bits per heavy atom. The quantitative estimate of drug-likeness (QED) is 0.338. The normalized spacial score (nSPS) is 15.0. The number of aromatic nitrogens is 2. The second-order valence-corrected chi connectivity index (χ2v) is 7.44. The molecule has 2 aromatic heterocycles. The first-order valence-corrected chi connectivity index (χ1v) is 10.6. The number of ether oxygens (including phenoxy) is 3. The van der Waals surface area contributed by atoms with E-state index >= 15 is 0 Å². The first-order chi connectivity index (χ1) is 14.9. The lowest BCUT2D eigenvalue weighted by Gasteiger charge is -2.14. The molecule has 0 bridgehead atoms. The van der Waals surface area contributed by atoms with Gasteiger partial charge in [-0.2, -0.15) is 0 Å². The van der Waals surface area contributed by atoms with Crippen LogP contribution < -0.4 is 10.1 Å². The van der Waals surface area contributed by atoms with Gasteiger partial charge < -0.3 is 24.5 Å². The molecule has 0 saturated heterocycles. The van der Waals surface area contributed by atoms with E-state index in [1.54, 1.807) is 31.3 Å². The minimum Gasteiger partial charge on any atom is -0.472 e. The van der Waals surface area contributed by atoms with Crippen molar-refractivity contribution in [1.29, 1.82) is 0 Å². The fraction of sp³-hybridized carbons (Fsp3) is 0.435. The zero-order valence-electron chi connectivity index (χ0n) is 18.4. The molecule has 0 aliphatic carbocycles. The number of hydrogen-bond donors (Lipinski definition) is 2. The topological polar surface area (TPSA) is 103 Å². The largest absolute Gasteiger partial charge is 0.472 e. The predicted octanol–water partition coefficient (Wildman–Crippen LogP) is 3.97. The average Bonchev–Trinajstić information content (AvgIpc) is 3.25. The summed E-state index contributed by atoms with van der Waals surface area (Å²) in [7, 11) is 0. The number of nitrogens with zero attached hydrogens (tertiary/aromatic N) is 1. The van der Waals surface area contributed by atoms with E-state index in [1.165, 1.54) is 0 Å². The minimum absolute atomic E-state index is 0.179. The Labute approximate surface area is 182 Å². The van der Waals surface area contributed by atoms with Crippen molar-refractivity contribution in [3.05, 3.63) is 40.8 Å². The Hall–Kier alpha value is -3.13. The second kappa shape index (κ2) is 10.3. The van der Waals surface area contributed by atoms with Crippen molar-refractivity contribution in [3.8, 4) is 5.88 Å². The van der Waals surface area contributed by atoms with Gasteiger partial charge in [-0.15, -0.1) is 0 Å². The number of unbranched alkanes of at least 4 members (excludes halogenated alkanes) is 1. The van der Waals surface area contributed by atoms with Crippen molar-refractivity contribution in [2.24, 2.45) is 0 Å². The maximum atomic E-state index is 12.6. The molecule has 3 rings (SSSR count). The van der Waals surface area contributed by atoms with Gasteiger partial charge >= 0.3 is 5.97 Å². The maximum Gasteiger partial charge on any atom is 0.340 e. The van der Waals surface area contributed by atoms with Crippen LogP contribution in [0.3, 0.4) is 0 Å². The van der Waals surface area contributed by atoms with E-state index in [0.717, 1.165) is 18.5 Å². The van der Waals surface area contributed by atoms with Crippen molar-refractivity contribution in [2.45, 2.75) is 46.6 Å². The number of hydrogen-bond acceptors (Lipinski definition) is 6. The van der Waals surface area contributed by atoms with Gasteiger partial charge in [0, 0.05) is 23.9 Å². The van der Waals surface area contributed by atoms with Gasteiger partial charge in [0.25, 0.3) is 5.91 Å². The number of H-pyrrole nitrogens is 1. The zero-order chi connectivity index (χ0) is 22.4. The van der Waals surface area contributed by atoms with Gasteiger partial charge in [0.05, 0.1) is 41.9 Å². The number of rotatable bonds is 10. The van der Waals surface area contributed by atoms with E-state index in [0.29, 0.717) is 47.2 Å². The van der Waals surface area contributed by atoms with Crippen molar-refractivity contribution in [3.63, 3.8) is 0 Å². The van der Waals surface area contributed by atoms with Crippen LogP contribution in [0.5, 0.6) is 5.88 Å². The summed E-state index contributed by atoms with van der Waals surface area (Å²) < 4.78 is 16.6. The van der Waals surface area contributed by atoms with Crippen molar-refractivity contribution in [1.82, 2.24) is 9.97 Å². The molecular formula is C23H29N3O5. The summed E-state index contributed by atoms with van der Waals surface area (Å²) >= 11 is 0. The summed E-state index contributed by atoms with van der Waals surface area (Å²) in [6.07, 6.45) is 5.14.